The normalized spacial score (nSPS) is 20.1. The van der Waals surface area contributed by atoms with E-state index in [1.807, 2.05) is 4.90 Å². The summed E-state index contributed by atoms with van der Waals surface area (Å²) in [5, 5.41) is 14.7. The van der Waals surface area contributed by atoms with Crippen LogP contribution in [0, 0.1) is 6.92 Å². The standard InChI is InChI=1S/C21H26N4O3S/c1-12-7-14-9-18(21-23-16(11-29-21)10-19(27)28)24-20(14)17(8-12)22-15-3-5-25(6-4-15)13(2)26/h7-9,15-16,22,24H,3-6,10-11H2,1-2H3,(H,27,28). The van der Waals surface area contributed by atoms with Gasteiger partial charge in [-0.2, -0.15) is 0 Å². The predicted octanol–water partition coefficient (Wildman–Crippen LogP) is 3.24. The number of carbonyl (C=O) groups excluding carboxylic acids is 1. The number of aliphatic carboxylic acids is 1. The van der Waals surface area contributed by atoms with Gasteiger partial charge in [0.1, 0.15) is 5.04 Å². The molecule has 0 radical (unpaired) electrons. The highest BCUT2D eigenvalue weighted by Gasteiger charge is 2.24. The molecule has 8 heteroatoms. The molecular weight excluding hydrogens is 388 g/mol. The monoisotopic (exact) mass is 414 g/mol. The Morgan fingerprint density at radius 2 is 2.07 bits per heavy atom. The fourth-order valence-electron chi connectivity index (χ4n) is 4.05. The van der Waals surface area contributed by atoms with Gasteiger partial charge in [0, 0.05) is 37.2 Å². The van der Waals surface area contributed by atoms with Crippen molar-refractivity contribution in [2.24, 2.45) is 4.99 Å². The lowest BCUT2D eigenvalue weighted by Crippen LogP contribution is -2.41. The van der Waals surface area contributed by atoms with Crippen molar-refractivity contribution in [1.29, 1.82) is 0 Å². The fourth-order valence-corrected chi connectivity index (χ4v) is 5.08. The molecule has 1 aromatic heterocycles. The van der Waals surface area contributed by atoms with Crippen LogP contribution in [0.5, 0.6) is 0 Å². The van der Waals surface area contributed by atoms with Crippen LogP contribution in [0.2, 0.25) is 0 Å². The van der Waals surface area contributed by atoms with E-state index in [1.54, 1.807) is 18.7 Å². The van der Waals surface area contributed by atoms with Crippen molar-refractivity contribution in [3.8, 4) is 0 Å². The van der Waals surface area contributed by atoms with Crippen LogP contribution in [0.1, 0.15) is 37.4 Å². The molecule has 1 saturated heterocycles. The first kappa shape index (κ1) is 19.8. The van der Waals surface area contributed by atoms with Gasteiger partial charge in [-0.25, -0.2) is 0 Å². The summed E-state index contributed by atoms with van der Waals surface area (Å²) >= 11 is 1.61. The highest BCUT2D eigenvalue weighted by atomic mass is 32.2. The van der Waals surface area contributed by atoms with Crippen LogP contribution in [0.4, 0.5) is 5.69 Å². The Hall–Kier alpha value is -2.48. The summed E-state index contributed by atoms with van der Waals surface area (Å²) in [6.07, 6.45) is 1.94. The number of rotatable bonds is 5. The van der Waals surface area contributed by atoms with Gasteiger partial charge in [0.2, 0.25) is 5.91 Å². The molecule has 1 fully saturated rings. The van der Waals surface area contributed by atoms with E-state index in [1.165, 1.54) is 5.56 Å². The summed E-state index contributed by atoms with van der Waals surface area (Å²) in [5.41, 5.74) is 4.23. The number of carboxylic acid groups (broad SMARTS) is 1. The van der Waals surface area contributed by atoms with Crippen molar-refractivity contribution in [2.75, 3.05) is 24.2 Å². The minimum Gasteiger partial charge on any atom is -0.481 e. The molecule has 0 aliphatic carbocycles. The molecule has 1 aromatic carbocycles. The lowest BCUT2D eigenvalue weighted by molar-refractivity contribution is -0.137. The topological polar surface area (TPSA) is 97.8 Å². The summed E-state index contributed by atoms with van der Waals surface area (Å²) in [5.74, 6) is 0.0391. The Kier molecular flexibility index (Phi) is 5.54. The number of aromatic amines is 1. The molecule has 3 N–H and O–H groups in total. The third-order valence-electron chi connectivity index (χ3n) is 5.53. The molecule has 2 aromatic rings. The number of hydrogen-bond acceptors (Lipinski definition) is 5. The number of nitrogens with zero attached hydrogens (tertiary/aromatic N) is 2. The maximum atomic E-state index is 11.5. The Balaban J connectivity index is 1.55. The van der Waals surface area contributed by atoms with E-state index in [0.717, 1.165) is 53.3 Å². The van der Waals surface area contributed by atoms with Crippen molar-refractivity contribution in [1.82, 2.24) is 9.88 Å². The molecule has 7 nitrogen and oxygen atoms in total. The number of hydrogen-bond donors (Lipinski definition) is 3. The fraction of sp³-hybridized carbons (Fsp3) is 0.476. The molecule has 2 aliphatic heterocycles. The molecule has 0 bridgehead atoms. The molecule has 154 valence electrons. The Labute approximate surface area is 174 Å². The van der Waals surface area contributed by atoms with Gasteiger partial charge in [0.25, 0.3) is 0 Å². The molecule has 2 aliphatic rings. The SMILES string of the molecule is CC(=O)N1CCC(Nc2cc(C)cc3cc(C4=NC(CC(=O)O)CS4)[nH]c23)CC1. The lowest BCUT2D eigenvalue weighted by Gasteiger charge is -2.32. The van der Waals surface area contributed by atoms with Crippen LogP contribution in [0.15, 0.2) is 23.2 Å². The summed E-state index contributed by atoms with van der Waals surface area (Å²) in [4.78, 5) is 32.5. The van der Waals surface area contributed by atoms with Crippen LogP contribution < -0.4 is 5.32 Å². The lowest BCUT2D eigenvalue weighted by atomic mass is 10.0. The largest absolute Gasteiger partial charge is 0.481 e. The van der Waals surface area contributed by atoms with Gasteiger partial charge in [0.05, 0.1) is 29.4 Å². The van der Waals surface area contributed by atoms with Gasteiger partial charge in [-0.05, 0) is 43.5 Å². The quantitative estimate of drug-likeness (QED) is 0.698. The predicted molar refractivity (Wildman–Crippen MR) is 117 cm³/mol. The number of H-pyrrole nitrogens is 1. The molecule has 4 rings (SSSR count). The van der Waals surface area contributed by atoms with E-state index >= 15 is 0 Å². The molecule has 29 heavy (non-hydrogen) atoms. The van der Waals surface area contributed by atoms with E-state index in [9.17, 15) is 9.59 Å². The van der Waals surface area contributed by atoms with Gasteiger partial charge in [-0.3, -0.25) is 14.6 Å². The molecular formula is C21H26N4O3S. The Bertz CT molecular complexity index is 976. The van der Waals surface area contributed by atoms with E-state index < -0.39 is 5.97 Å². The number of piperidine rings is 1. The maximum absolute atomic E-state index is 11.5. The molecule has 0 saturated carbocycles. The first-order valence-corrected chi connectivity index (χ1v) is 11.0. The number of thioether (sulfide) groups is 1. The highest BCUT2D eigenvalue weighted by molar-refractivity contribution is 8.14. The van der Waals surface area contributed by atoms with Crippen LogP contribution in [-0.4, -0.2) is 62.8 Å². The molecule has 0 spiro atoms. The summed E-state index contributed by atoms with van der Waals surface area (Å²) < 4.78 is 0. The minimum atomic E-state index is -0.810. The van der Waals surface area contributed by atoms with Gasteiger partial charge in [-0.1, -0.05) is 0 Å². The number of nitrogens with one attached hydrogen (secondary N) is 2. The van der Waals surface area contributed by atoms with E-state index in [2.05, 4.69) is 40.4 Å². The first-order valence-electron chi connectivity index (χ1n) is 9.97. The number of likely N-dealkylation sites (tertiary alicyclic amines) is 1. The third-order valence-corrected chi connectivity index (χ3v) is 6.68. The minimum absolute atomic E-state index is 0.0710. The second kappa shape index (κ2) is 8.10. The molecule has 1 amide bonds. The number of anilines is 1. The number of amides is 1. The Morgan fingerprint density at radius 1 is 1.31 bits per heavy atom. The average molecular weight is 415 g/mol. The van der Waals surface area contributed by atoms with Crippen LogP contribution in [0.3, 0.4) is 0 Å². The number of aliphatic imine (C=N–C) groups is 1. The Morgan fingerprint density at radius 3 is 2.76 bits per heavy atom. The van der Waals surface area contributed by atoms with Crippen LogP contribution in [0.25, 0.3) is 10.9 Å². The van der Waals surface area contributed by atoms with E-state index in [-0.39, 0.29) is 18.4 Å². The number of benzene rings is 1. The zero-order valence-electron chi connectivity index (χ0n) is 16.7. The summed E-state index contributed by atoms with van der Waals surface area (Å²) in [6, 6.07) is 6.57. The highest BCUT2D eigenvalue weighted by Crippen LogP contribution is 2.31. The van der Waals surface area contributed by atoms with Crippen LogP contribution in [-0.2, 0) is 9.59 Å². The van der Waals surface area contributed by atoms with E-state index in [4.69, 9.17) is 5.11 Å². The number of carbonyl (C=O) groups is 2. The maximum Gasteiger partial charge on any atom is 0.305 e. The zero-order chi connectivity index (χ0) is 20.5. The van der Waals surface area contributed by atoms with Gasteiger partial charge >= 0.3 is 5.97 Å². The number of fused-ring (bicyclic) bond motifs is 1. The summed E-state index contributed by atoms with van der Waals surface area (Å²) in [6.45, 7) is 5.29. The van der Waals surface area contributed by atoms with Crippen molar-refractivity contribution in [3.63, 3.8) is 0 Å². The number of aromatic nitrogens is 1. The average Bonchev–Trinajstić information content (AvgIpc) is 3.28. The molecule has 1 atom stereocenters. The third kappa shape index (κ3) is 4.42. The summed E-state index contributed by atoms with van der Waals surface area (Å²) in [7, 11) is 0. The number of carboxylic acids is 1. The van der Waals surface area contributed by atoms with Gasteiger partial charge in [0.15, 0.2) is 0 Å². The molecule has 1 unspecified atom stereocenters. The first-order chi connectivity index (χ1) is 13.9. The van der Waals surface area contributed by atoms with Crippen molar-refractivity contribution in [2.45, 2.75) is 45.2 Å². The van der Waals surface area contributed by atoms with Crippen molar-refractivity contribution >= 4 is 45.3 Å². The van der Waals surface area contributed by atoms with Crippen molar-refractivity contribution in [3.05, 3.63) is 29.5 Å². The van der Waals surface area contributed by atoms with Gasteiger partial charge < -0.3 is 20.3 Å². The van der Waals surface area contributed by atoms with Gasteiger partial charge in [-0.15, -0.1) is 11.8 Å². The van der Waals surface area contributed by atoms with Crippen molar-refractivity contribution < 1.29 is 14.7 Å². The zero-order valence-corrected chi connectivity index (χ0v) is 17.5. The second-order valence-electron chi connectivity index (χ2n) is 7.88. The van der Waals surface area contributed by atoms with Crippen LogP contribution >= 0.6 is 11.8 Å². The van der Waals surface area contributed by atoms with E-state index in [0.29, 0.717) is 11.8 Å². The molecule has 3 heterocycles. The smallest absolute Gasteiger partial charge is 0.305 e. The second-order valence-corrected chi connectivity index (χ2v) is 8.89. The number of aryl methyl sites for hydroxylation is 1.